The first-order valence-electron chi connectivity index (χ1n) is 6.71. The van der Waals surface area contributed by atoms with Crippen LogP contribution in [0.4, 0.5) is 0 Å². The Kier molecular flexibility index (Phi) is 4.80. The van der Waals surface area contributed by atoms with Gasteiger partial charge in [0.1, 0.15) is 5.75 Å². The van der Waals surface area contributed by atoms with Crippen LogP contribution in [0.15, 0.2) is 24.3 Å². The molecule has 1 aliphatic heterocycles. The summed E-state index contributed by atoms with van der Waals surface area (Å²) in [7, 11) is 3.08. The lowest BCUT2D eigenvalue weighted by Gasteiger charge is -2.30. The van der Waals surface area contributed by atoms with Gasteiger partial charge in [-0.25, -0.2) is 0 Å². The number of benzene rings is 1. The van der Waals surface area contributed by atoms with Crippen LogP contribution in [0.25, 0.3) is 0 Å². The Hall–Kier alpha value is -1.55. The molecule has 0 saturated carbocycles. The van der Waals surface area contributed by atoms with E-state index in [1.807, 2.05) is 24.3 Å². The summed E-state index contributed by atoms with van der Waals surface area (Å²) in [4.78, 5) is 12.1. The number of ether oxygens (including phenoxy) is 2. The molecule has 2 rings (SSSR count). The largest absolute Gasteiger partial charge is 0.497 e. The first kappa shape index (κ1) is 13.9. The van der Waals surface area contributed by atoms with E-state index in [0.717, 1.165) is 30.7 Å². The smallest absolute Gasteiger partial charge is 0.314 e. The van der Waals surface area contributed by atoms with Gasteiger partial charge in [0, 0.05) is 6.04 Å². The van der Waals surface area contributed by atoms with Gasteiger partial charge >= 0.3 is 5.97 Å². The van der Waals surface area contributed by atoms with E-state index >= 15 is 0 Å². The first-order valence-corrected chi connectivity index (χ1v) is 6.71. The standard InChI is InChI=1S/C15H21NO3/c1-18-12-8-6-11(7-9-12)14(15(17)19-2)13-5-3-4-10-16-13/h6-9,13-14,16H,3-5,10H2,1-2H3/t13-,14+/m0/s1. The average molecular weight is 263 g/mol. The number of carbonyl (C=O) groups is 1. The molecule has 0 spiro atoms. The molecular weight excluding hydrogens is 242 g/mol. The maximum absolute atomic E-state index is 12.1. The minimum Gasteiger partial charge on any atom is -0.497 e. The van der Waals surface area contributed by atoms with Gasteiger partial charge in [-0.15, -0.1) is 0 Å². The minimum absolute atomic E-state index is 0.162. The number of piperidine rings is 1. The van der Waals surface area contributed by atoms with E-state index < -0.39 is 0 Å². The summed E-state index contributed by atoms with van der Waals surface area (Å²) in [5.41, 5.74) is 0.979. The van der Waals surface area contributed by atoms with E-state index in [2.05, 4.69) is 5.32 Å². The van der Waals surface area contributed by atoms with E-state index in [4.69, 9.17) is 9.47 Å². The van der Waals surface area contributed by atoms with Gasteiger partial charge in [-0.1, -0.05) is 18.6 Å². The molecule has 1 heterocycles. The molecule has 0 aromatic heterocycles. The van der Waals surface area contributed by atoms with Crippen molar-refractivity contribution in [1.82, 2.24) is 5.32 Å². The molecule has 1 aromatic rings. The highest BCUT2D eigenvalue weighted by Crippen LogP contribution is 2.28. The highest BCUT2D eigenvalue weighted by atomic mass is 16.5. The molecule has 104 valence electrons. The molecule has 1 saturated heterocycles. The van der Waals surface area contributed by atoms with Gasteiger partial charge in [-0.05, 0) is 37.1 Å². The molecule has 0 aliphatic carbocycles. The summed E-state index contributed by atoms with van der Waals surface area (Å²) in [6.07, 6.45) is 3.33. The minimum atomic E-state index is -0.240. The van der Waals surface area contributed by atoms with Crippen molar-refractivity contribution in [3.63, 3.8) is 0 Å². The molecule has 4 heteroatoms. The Balaban J connectivity index is 2.22. The molecule has 0 bridgehead atoms. The molecule has 0 amide bonds. The summed E-state index contributed by atoms with van der Waals surface area (Å²) in [5.74, 6) is 0.379. The van der Waals surface area contributed by atoms with Crippen molar-refractivity contribution in [2.45, 2.75) is 31.2 Å². The van der Waals surface area contributed by atoms with Gasteiger partial charge in [0.25, 0.3) is 0 Å². The predicted octanol–water partition coefficient (Wildman–Crippen LogP) is 2.09. The summed E-state index contributed by atoms with van der Waals surface area (Å²) in [5, 5.41) is 3.43. The lowest BCUT2D eigenvalue weighted by atomic mass is 9.86. The van der Waals surface area contributed by atoms with Crippen molar-refractivity contribution in [1.29, 1.82) is 0 Å². The summed E-state index contributed by atoms with van der Waals surface area (Å²) in [6.45, 7) is 0.967. The third-order valence-electron chi connectivity index (χ3n) is 3.68. The fourth-order valence-electron chi connectivity index (χ4n) is 2.63. The Morgan fingerprint density at radius 3 is 2.53 bits per heavy atom. The second-order valence-corrected chi connectivity index (χ2v) is 4.83. The fraction of sp³-hybridized carbons (Fsp3) is 0.533. The molecule has 19 heavy (non-hydrogen) atoms. The van der Waals surface area contributed by atoms with Crippen molar-refractivity contribution in [3.8, 4) is 5.75 Å². The Morgan fingerprint density at radius 1 is 1.26 bits per heavy atom. The number of hydrogen-bond acceptors (Lipinski definition) is 4. The van der Waals surface area contributed by atoms with E-state index in [1.54, 1.807) is 7.11 Å². The Bertz CT molecular complexity index is 410. The van der Waals surface area contributed by atoms with Gasteiger partial charge in [0.15, 0.2) is 0 Å². The quantitative estimate of drug-likeness (QED) is 0.845. The average Bonchev–Trinajstić information content (AvgIpc) is 2.49. The van der Waals surface area contributed by atoms with E-state index in [-0.39, 0.29) is 17.9 Å². The van der Waals surface area contributed by atoms with Crippen LogP contribution in [0.3, 0.4) is 0 Å². The Morgan fingerprint density at radius 2 is 2.00 bits per heavy atom. The van der Waals surface area contributed by atoms with Crippen LogP contribution in [-0.2, 0) is 9.53 Å². The lowest BCUT2D eigenvalue weighted by molar-refractivity contribution is -0.143. The molecule has 0 radical (unpaired) electrons. The number of nitrogens with one attached hydrogen (secondary N) is 1. The number of rotatable bonds is 4. The predicted molar refractivity (Wildman–Crippen MR) is 73.4 cm³/mol. The van der Waals surface area contributed by atoms with Gasteiger partial charge in [0.05, 0.1) is 20.1 Å². The molecule has 0 unspecified atom stereocenters. The van der Waals surface area contributed by atoms with Crippen LogP contribution in [0.2, 0.25) is 0 Å². The van der Waals surface area contributed by atoms with Gasteiger partial charge in [0.2, 0.25) is 0 Å². The monoisotopic (exact) mass is 263 g/mol. The molecule has 2 atom stereocenters. The normalized spacial score (nSPS) is 20.6. The number of hydrogen-bond donors (Lipinski definition) is 1. The Labute approximate surface area is 114 Å². The van der Waals surface area contributed by atoms with E-state index in [0.29, 0.717) is 0 Å². The van der Waals surface area contributed by atoms with Gasteiger partial charge in [-0.3, -0.25) is 4.79 Å². The first-order chi connectivity index (χ1) is 9.26. The highest BCUT2D eigenvalue weighted by molar-refractivity contribution is 5.79. The van der Waals surface area contributed by atoms with Crippen LogP contribution in [0.5, 0.6) is 5.75 Å². The van der Waals surface area contributed by atoms with Crippen LogP contribution in [-0.4, -0.2) is 32.8 Å². The van der Waals surface area contributed by atoms with E-state index in [9.17, 15) is 4.79 Å². The van der Waals surface area contributed by atoms with Crippen LogP contribution in [0, 0.1) is 0 Å². The maximum atomic E-state index is 12.1. The second kappa shape index (κ2) is 6.57. The zero-order chi connectivity index (χ0) is 13.7. The molecule has 1 aliphatic rings. The van der Waals surface area contributed by atoms with Crippen LogP contribution in [0.1, 0.15) is 30.7 Å². The lowest BCUT2D eigenvalue weighted by Crippen LogP contribution is -2.42. The van der Waals surface area contributed by atoms with E-state index in [1.165, 1.54) is 13.5 Å². The SMILES string of the molecule is COC(=O)[C@H](c1ccc(OC)cc1)[C@@H]1CCCCN1. The van der Waals surface area contributed by atoms with Crippen molar-refractivity contribution in [2.24, 2.45) is 0 Å². The molecule has 1 N–H and O–H groups in total. The second-order valence-electron chi connectivity index (χ2n) is 4.83. The summed E-state index contributed by atoms with van der Waals surface area (Å²) >= 11 is 0. The molecule has 1 aromatic carbocycles. The zero-order valence-corrected chi connectivity index (χ0v) is 11.5. The van der Waals surface area contributed by atoms with Crippen molar-refractivity contribution in [2.75, 3.05) is 20.8 Å². The number of carbonyl (C=O) groups excluding carboxylic acids is 1. The topological polar surface area (TPSA) is 47.6 Å². The summed E-state index contributed by atoms with van der Waals surface area (Å²) < 4.78 is 10.1. The third-order valence-corrected chi connectivity index (χ3v) is 3.68. The molecule has 4 nitrogen and oxygen atoms in total. The van der Waals surface area contributed by atoms with Crippen LogP contribution >= 0.6 is 0 Å². The third kappa shape index (κ3) is 3.26. The summed E-state index contributed by atoms with van der Waals surface area (Å²) in [6, 6.07) is 7.81. The van der Waals surface area contributed by atoms with Gasteiger partial charge in [-0.2, -0.15) is 0 Å². The zero-order valence-electron chi connectivity index (χ0n) is 11.5. The van der Waals surface area contributed by atoms with Crippen molar-refractivity contribution >= 4 is 5.97 Å². The fourth-order valence-corrected chi connectivity index (χ4v) is 2.63. The number of esters is 1. The van der Waals surface area contributed by atoms with Crippen molar-refractivity contribution < 1.29 is 14.3 Å². The van der Waals surface area contributed by atoms with Crippen molar-refractivity contribution in [3.05, 3.63) is 29.8 Å². The maximum Gasteiger partial charge on any atom is 0.314 e. The molecule has 1 fully saturated rings. The van der Waals surface area contributed by atoms with Crippen LogP contribution < -0.4 is 10.1 Å². The van der Waals surface area contributed by atoms with Gasteiger partial charge < -0.3 is 14.8 Å². The highest BCUT2D eigenvalue weighted by Gasteiger charge is 2.31. The molecular formula is C15H21NO3. The number of methoxy groups -OCH3 is 2.